The lowest BCUT2D eigenvalue weighted by Gasteiger charge is -2.36. The summed E-state index contributed by atoms with van der Waals surface area (Å²) in [5, 5.41) is 10.2. The van der Waals surface area contributed by atoms with E-state index < -0.39 is 0 Å². The summed E-state index contributed by atoms with van der Waals surface area (Å²) >= 11 is 0. The molecule has 1 heterocycles. The lowest BCUT2D eigenvalue weighted by molar-refractivity contribution is -0.121. The molecule has 0 radical (unpaired) electrons. The Labute approximate surface area is 123 Å². The van der Waals surface area contributed by atoms with Crippen LogP contribution in [0.2, 0.25) is 0 Å². The van der Waals surface area contributed by atoms with Gasteiger partial charge in [0.05, 0.1) is 6.54 Å². The average molecular weight is 281 g/mol. The molecule has 3 unspecified atom stereocenters. The Morgan fingerprint density at radius 1 is 1.15 bits per heavy atom. The summed E-state index contributed by atoms with van der Waals surface area (Å²) in [4.78, 5) is 11.9. The van der Waals surface area contributed by atoms with Crippen LogP contribution < -0.4 is 16.0 Å². The molecule has 1 saturated carbocycles. The molecule has 1 aliphatic carbocycles. The second-order valence-electron chi connectivity index (χ2n) is 7.44. The van der Waals surface area contributed by atoms with Crippen LogP contribution in [0.3, 0.4) is 0 Å². The number of nitrogens with one attached hydrogen (secondary N) is 3. The fourth-order valence-corrected chi connectivity index (χ4v) is 3.66. The molecular weight excluding hydrogens is 250 g/mol. The molecule has 0 aromatic rings. The van der Waals surface area contributed by atoms with Crippen LogP contribution in [0.15, 0.2) is 0 Å². The first-order valence-electron chi connectivity index (χ1n) is 8.23. The molecule has 3 N–H and O–H groups in total. The Morgan fingerprint density at radius 2 is 1.90 bits per heavy atom. The van der Waals surface area contributed by atoms with Gasteiger partial charge >= 0.3 is 0 Å². The summed E-state index contributed by atoms with van der Waals surface area (Å²) in [6.07, 6.45) is 7.76. The second-order valence-corrected chi connectivity index (χ2v) is 7.44. The molecule has 0 bridgehead atoms. The monoisotopic (exact) mass is 281 g/mol. The number of rotatable bonds is 4. The zero-order valence-corrected chi connectivity index (χ0v) is 13.3. The molecule has 0 aromatic carbocycles. The Balaban J connectivity index is 1.81. The maximum absolute atomic E-state index is 11.9. The Hall–Kier alpha value is -0.610. The number of carbonyl (C=O) groups is 1. The molecular formula is C16H31N3O. The van der Waals surface area contributed by atoms with Crippen LogP contribution >= 0.6 is 0 Å². The smallest absolute Gasteiger partial charge is 0.234 e. The summed E-state index contributed by atoms with van der Waals surface area (Å²) in [7, 11) is 0. The fourth-order valence-electron chi connectivity index (χ4n) is 3.66. The van der Waals surface area contributed by atoms with Gasteiger partial charge in [-0.25, -0.2) is 0 Å². The predicted molar refractivity (Wildman–Crippen MR) is 82.7 cm³/mol. The normalized spacial score (nSPS) is 31.2. The molecule has 4 heteroatoms. The van der Waals surface area contributed by atoms with Gasteiger partial charge < -0.3 is 16.0 Å². The van der Waals surface area contributed by atoms with Crippen molar-refractivity contribution < 1.29 is 4.79 Å². The molecule has 1 aliphatic heterocycles. The van der Waals surface area contributed by atoms with Gasteiger partial charge in [0.1, 0.15) is 0 Å². The SMILES string of the molecule is CC(C)(C)NC(=O)CNC1CCCCC1C1CCCN1. The predicted octanol–water partition coefficient (Wildman–Crippen LogP) is 1.80. The molecule has 116 valence electrons. The molecule has 0 aromatic heterocycles. The largest absolute Gasteiger partial charge is 0.350 e. The van der Waals surface area contributed by atoms with Crippen molar-refractivity contribution in [3.8, 4) is 0 Å². The van der Waals surface area contributed by atoms with Crippen LogP contribution in [-0.2, 0) is 4.79 Å². The highest BCUT2D eigenvalue weighted by molar-refractivity contribution is 5.78. The van der Waals surface area contributed by atoms with Crippen molar-refractivity contribution in [3.05, 3.63) is 0 Å². The lowest BCUT2D eigenvalue weighted by Crippen LogP contribution is -2.51. The summed E-state index contributed by atoms with van der Waals surface area (Å²) in [5.41, 5.74) is -0.141. The first kappa shape index (κ1) is 15.8. The van der Waals surface area contributed by atoms with Crippen LogP contribution in [0.5, 0.6) is 0 Å². The van der Waals surface area contributed by atoms with E-state index in [1.165, 1.54) is 45.1 Å². The molecule has 1 amide bonds. The zero-order valence-electron chi connectivity index (χ0n) is 13.3. The van der Waals surface area contributed by atoms with Crippen LogP contribution in [0.4, 0.5) is 0 Å². The van der Waals surface area contributed by atoms with E-state index in [-0.39, 0.29) is 11.4 Å². The average Bonchev–Trinajstić information content (AvgIpc) is 2.88. The first-order valence-corrected chi connectivity index (χ1v) is 8.23. The van der Waals surface area contributed by atoms with E-state index in [1.807, 2.05) is 20.8 Å². The van der Waals surface area contributed by atoms with Crippen molar-refractivity contribution in [2.45, 2.75) is 76.9 Å². The lowest BCUT2D eigenvalue weighted by atomic mass is 9.79. The van der Waals surface area contributed by atoms with E-state index in [9.17, 15) is 4.79 Å². The van der Waals surface area contributed by atoms with Crippen LogP contribution in [-0.4, -0.2) is 36.6 Å². The molecule has 3 atom stereocenters. The fraction of sp³-hybridized carbons (Fsp3) is 0.938. The first-order chi connectivity index (χ1) is 9.46. The molecule has 2 fully saturated rings. The van der Waals surface area contributed by atoms with Crippen molar-refractivity contribution in [2.24, 2.45) is 5.92 Å². The quantitative estimate of drug-likeness (QED) is 0.736. The van der Waals surface area contributed by atoms with Gasteiger partial charge in [-0.1, -0.05) is 12.8 Å². The Morgan fingerprint density at radius 3 is 2.55 bits per heavy atom. The van der Waals surface area contributed by atoms with Gasteiger partial charge in [-0.3, -0.25) is 4.79 Å². The molecule has 20 heavy (non-hydrogen) atoms. The van der Waals surface area contributed by atoms with Crippen LogP contribution in [0.1, 0.15) is 59.3 Å². The minimum absolute atomic E-state index is 0.112. The number of carbonyl (C=O) groups excluding carboxylic acids is 1. The summed E-state index contributed by atoms with van der Waals surface area (Å²) in [6.45, 7) is 7.69. The molecule has 4 nitrogen and oxygen atoms in total. The van der Waals surface area contributed by atoms with Gasteiger partial charge in [0.25, 0.3) is 0 Å². The van der Waals surface area contributed by atoms with Gasteiger partial charge in [0.2, 0.25) is 5.91 Å². The van der Waals surface area contributed by atoms with Crippen molar-refractivity contribution in [3.63, 3.8) is 0 Å². The highest BCUT2D eigenvalue weighted by Gasteiger charge is 2.33. The Bertz CT molecular complexity index is 318. The highest BCUT2D eigenvalue weighted by Crippen LogP contribution is 2.30. The summed E-state index contributed by atoms with van der Waals surface area (Å²) < 4.78 is 0. The third kappa shape index (κ3) is 4.74. The van der Waals surface area contributed by atoms with Gasteiger partial charge in [-0.05, 0) is 58.9 Å². The minimum atomic E-state index is -0.141. The number of amides is 1. The third-order valence-electron chi connectivity index (χ3n) is 4.47. The van der Waals surface area contributed by atoms with E-state index in [1.54, 1.807) is 0 Å². The van der Waals surface area contributed by atoms with Crippen LogP contribution in [0.25, 0.3) is 0 Å². The number of hydrogen-bond donors (Lipinski definition) is 3. The minimum Gasteiger partial charge on any atom is -0.350 e. The van der Waals surface area contributed by atoms with Gasteiger partial charge in [0.15, 0.2) is 0 Å². The zero-order chi connectivity index (χ0) is 14.6. The maximum atomic E-state index is 11.9. The van der Waals surface area contributed by atoms with E-state index in [2.05, 4.69) is 16.0 Å². The van der Waals surface area contributed by atoms with Gasteiger partial charge in [-0.2, -0.15) is 0 Å². The van der Waals surface area contributed by atoms with E-state index >= 15 is 0 Å². The molecule has 0 spiro atoms. The standard InChI is InChI=1S/C16H31N3O/c1-16(2,3)19-15(20)11-18-14-8-5-4-7-12(14)13-9-6-10-17-13/h12-14,17-18H,4-11H2,1-3H3,(H,19,20). The van der Waals surface area contributed by atoms with E-state index in [0.29, 0.717) is 24.5 Å². The number of hydrogen-bond acceptors (Lipinski definition) is 3. The van der Waals surface area contributed by atoms with E-state index in [0.717, 1.165) is 0 Å². The van der Waals surface area contributed by atoms with Crippen molar-refractivity contribution >= 4 is 5.91 Å². The molecule has 1 saturated heterocycles. The van der Waals surface area contributed by atoms with Crippen molar-refractivity contribution in [2.75, 3.05) is 13.1 Å². The highest BCUT2D eigenvalue weighted by atomic mass is 16.2. The Kier molecular flexibility index (Phi) is 5.44. The topological polar surface area (TPSA) is 53.2 Å². The summed E-state index contributed by atoms with van der Waals surface area (Å²) in [6, 6.07) is 1.17. The molecule has 2 aliphatic rings. The van der Waals surface area contributed by atoms with E-state index in [4.69, 9.17) is 0 Å². The second kappa shape index (κ2) is 6.90. The summed E-state index contributed by atoms with van der Waals surface area (Å²) in [5.74, 6) is 0.815. The van der Waals surface area contributed by atoms with Gasteiger partial charge in [-0.15, -0.1) is 0 Å². The molecule has 2 rings (SSSR count). The maximum Gasteiger partial charge on any atom is 0.234 e. The van der Waals surface area contributed by atoms with Crippen molar-refractivity contribution in [1.29, 1.82) is 0 Å². The van der Waals surface area contributed by atoms with Gasteiger partial charge in [0, 0.05) is 17.6 Å². The third-order valence-corrected chi connectivity index (χ3v) is 4.47. The van der Waals surface area contributed by atoms with Crippen LogP contribution in [0, 0.1) is 5.92 Å². The van der Waals surface area contributed by atoms with Crippen molar-refractivity contribution in [1.82, 2.24) is 16.0 Å².